The summed E-state index contributed by atoms with van der Waals surface area (Å²) in [5.74, 6) is 0.265. The highest BCUT2D eigenvalue weighted by atomic mass is 16.6. The molecule has 0 atom stereocenters. The normalized spacial score (nSPS) is 11.6. The van der Waals surface area contributed by atoms with Crippen molar-refractivity contribution in [2.24, 2.45) is 5.16 Å². The highest BCUT2D eigenvalue weighted by Gasteiger charge is 2.10. The van der Waals surface area contributed by atoms with Gasteiger partial charge < -0.3 is 19.1 Å². The molecule has 6 nitrogen and oxygen atoms in total. The Hall–Kier alpha value is -3.02. The summed E-state index contributed by atoms with van der Waals surface area (Å²) in [6.07, 6.45) is 4.11. The van der Waals surface area contributed by atoms with Crippen LogP contribution in [-0.4, -0.2) is 24.2 Å². The first kappa shape index (κ1) is 14.4. The number of esters is 1. The van der Waals surface area contributed by atoms with Gasteiger partial charge in [0, 0.05) is 11.6 Å². The Bertz CT molecular complexity index is 641. The number of methoxy groups -OCH3 is 1. The molecular formula is C15H13NO5. The maximum atomic E-state index is 11.6. The van der Waals surface area contributed by atoms with Gasteiger partial charge in [-0.2, -0.15) is 0 Å². The number of hydrogen-bond acceptors (Lipinski definition) is 6. The molecule has 0 aliphatic heterocycles. The van der Waals surface area contributed by atoms with Gasteiger partial charge in [0.2, 0.25) is 0 Å². The summed E-state index contributed by atoms with van der Waals surface area (Å²) in [6.45, 7) is 0. The van der Waals surface area contributed by atoms with E-state index in [4.69, 9.17) is 19.1 Å². The minimum Gasteiger partial charge on any atom is -0.497 e. The van der Waals surface area contributed by atoms with Crippen LogP contribution >= 0.6 is 0 Å². The molecule has 2 rings (SSSR count). The highest BCUT2D eigenvalue weighted by molar-refractivity contribution is 6.03. The van der Waals surface area contributed by atoms with Crippen molar-refractivity contribution in [3.63, 3.8) is 0 Å². The smallest absolute Gasteiger partial charge is 0.337 e. The number of oxime groups is 1. The van der Waals surface area contributed by atoms with Crippen LogP contribution in [0.3, 0.4) is 0 Å². The molecule has 0 aliphatic rings. The first-order valence-corrected chi connectivity index (χ1v) is 6.03. The van der Waals surface area contributed by atoms with Crippen molar-refractivity contribution in [1.29, 1.82) is 0 Å². The second-order valence-electron chi connectivity index (χ2n) is 3.90. The van der Waals surface area contributed by atoms with E-state index in [0.717, 1.165) is 0 Å². The minimum absolute atomic E-state index is 0.202. The van der Waals surface area contributed by atoms with Crippen LogP contribution in [0.5, 0.6) is 5.75 Å². The van der Waals surface area contributed by atoms with Crippen molar-refractivity contribution >= 4 is 17.9 Å². The standard InChI is InChI=1S/C15H13NO5/c1-19-12-6-4-11(5-7-12)15(16-18)21-14(17)9-8-13-3-2-10-20-13/h2-10,18H,1H3. The van der Waals surface area contributed by atoms with Crippen molar-refractivity contribution in [2.45, 2.75) is 0 Å². The van der Waals surface area contributed by atoms with Gasteiger partial charge in [-0.1, -0.05) is 0 Å². The largest absolute Gasteiger partial charge is 0.497 e. The number of benzene rings is 1. The van der Waals surface area contributed by atoms with Crippen LogP contribution in [0.2, 0.25) is 0 Å². The molecule has 0 saturated heterocycles. The summed E-state index contributed by atoms with van der Waals surface area (Å²) in [4.78, 5) is 11.6. The summed E-state index contributed by atoms with van der Waals surface area (Å²) in [5, 5.41) is 11.9. The molecule has 1 aromatic carbocycles. The van der Waals surface area contributed by atoms with E-state index >= 15 is 0 Å². The van der Waals surface area contributed by atoms with Gasteiger partial charge in [-0.15, -0.1) is 0 Å². The van der Waals surface area contributed by atoms with Crippen LogP contribution in [0.1, 0.15) is 11.3 Å². The first-order valence-electron chi connectivity index (χ1n) is 6.03. The molecule has 2 aromatic rings. The van der Waals surface area contributed by atoms with E-state index in [9.17, 15) is 4.79 Å². The fourth-order valence-corrected chi connectivity index (χ4v) is 1.54. The molecule has 108 valence electrons. The quantitative estimate of drug-likeness (QED) is 0.233. The molecule has 0 amide bonds. The van der Waals surface area contributed by atoms with Crippen LogP contribution in [0.4, 0.5) is 0 Å². The molecule has 6 heteroatoms. The zero-order valence-electron chi connectivity index (χ0n) is 11.2. The van der Waals surface area contributed by atoms with Crippen molar-refractivity contribution < 1.29 is 23.9 Å². The molecule has 0 saturated carbocycles. The lowest BCUT2D eigenvalue weighted by Gasteiger charge is -2.05. The number of carbonyl (C=O) groups is 1. The average molecular weight is 287 g/mol. The van der Waals surface area contributed by atoms with Crippen LogP contribution in [-0.2, 0) is 9.53 Å². The maximum absolute atomic E-state index is 11.6. The second-order valence-corrected chi connectivity index (χ2v) is 3.90. The van der Waals surface area contributed by atoms with Crippen molar-refractivity contribution in [3.8, 4) is 5.75 Å². The van der Waals surface area contributed by atoms with Crippen molar-refractivity contribution in [2.75, 3.05) is 7.11 Å². The van der Waals surface area contributed by atoms with Gasteiger partial charge in [0.15, 0.2) is 0 Å². The predicted octanol–water partition coefficient (Wildman–Crippen LogP) is 2.68. The number of hydrogen-bond donors (Lipinski definition) is 1. The third-order valence-corrected chi connectivity index (χ3v) is 2.55. The molecule has 0 unspecified atom stereocenters. The van der Waals surface area contributed by atoms with E-state index in [-0.39, 0.29) is 5.90 Å². The topological polar surface area (TPSA) is 81.3 Å². The molecule has 0 radical (unpaired) electrons. The lowest BCUT2D eigenvalue weighted by molar-refractivity contribution is -0.130. The van der Waals surface area contributed by atoms with E-state index in [1.54, 1.807) is 36.4 Å². The number of rotatable bonds is 4. The van der Waals surface area contributed by atoms with E-state index in [0.29, 0.717) is 17.1 Å². The second kappa shape index (κ2) is 6.95. The third kappa shape index (κ3) is 3.97. The van der Waals surface area contributed by atoms with Crippen LogP contribution in [0.15, 0.2) is 58.3 Å². The van der Waals surface area contributed by atoms with Crippen molar-refractivity contribution in [1.82, 2.24) is 0 Å². The number of carbonyl (C=O) groups excluding carboxylic acids is 1. The van der Waals surface area contributed by atoms with Gasteiger partial charge >= 0.3 is 5.97 Å². The van der Waals surface area contributed by atoms with E-state index in [1.165, 1.54) is 25.5 Å². The van der Waals surface area contributed by atoms with Gasteiger partial charge in [-0.25, -0.2) is 4.79 Å². The summed E-state index contributed by atoms with van der Waals surface area (Å²) in [7, 11) is 1.54. The maximum Gasteiger partial charge on any atom is 0.337 e. The molecule has 0 spiro atoms. The van der Waals surface area contributed by atoms with Crippen LogP contribution < -0.4 is 4.74 Å². The summed E-state index contributed by atoms with van der Waals surface area (Å²) < 4.78 is 15.0. The molecule has 0 bridgehead atoms. The van der Waals surface area contributed by atoms with Gasteiger partial charge in [-0.05, 0) is 47.6 Å². The minimum atomic E-state index is -0.685. The van der Waals surface area contributed by atoms with Crippen LogP contribution in [0, 0.1) is 0 Å². The lowest BCUT2D eigenvalue weighted by Crippen LogP contribution is -2.11. The SMILES string of the molecule is COc1ccc(C(=NO)OC(=O)C=Cc2ccco2)cc1. The molecule has 21 heavy (non-hydrogen) atoms. The van der Waals surface area contributed by atoms with E-state index in [1.807, 2.05) is 0 Å². The fraction of sp³-hybridized carbons (Fsp3) is 0.0667. The summed E-state index contributed by atoms with van der Waals surface area (Å²) in [5.41, 5.74) is 0.443. The molecule has 1 N–H and O–H groups in total. The van der Waals surface area contributed by atoms with Gasteiger partial charge in [0.25, 0.3) is 5.90 Å². The number of ether oxygens (including phenoxy) is 2. The third-order valence-electron chi connectivity index (χ3n) is 2.55. The number of nitrogens with zero attached hydrogens (tertiary/aromatic N) is 1. The number of furan rings is 1. The first-order chi connectivity index (χ1) is 10.2. The highest BCUT2D eigenvalue weighted by Crippen LogP contribution is 2.13. The zero-order valence-corrected chi connectivity index (χ0v) is 11.2. The van der Waals surface area contributed by atoms with E-state index in [2.05, 4.69) is 5.16 Å². The summed E-state index contributed by atoms with van der Waals surface area (Å²) >= 11 is 0. The predicted molar refractivity (Wildman–Crippen MR) is 75.2 cm³/mol. The van der Waals surface area contributed by atoms with Gasteiger partial charge in [-0.3, -0.25) is 0 Å². The van der Waals surface area contributed by atoms with E-state index < -0.39 is 5.97 Å². The van der Waals surface area contributed by atoms with Crippen LogP contribution in [0.25, 0.3) is 6.08 Å². The average Bonchev–Trinajstić information content (AvgIpc) is 3.04. The lowest BCUT2D eigenvalue weighted by atomic mass is 10.2. The monoisotopic (exact) mass is 287 g/mol. The van der Waals surface area contributed by atoms with Gasteiger partial charge in [0.1, 0.15) is 11.5 Å². The summed E-state index contributed by atoms with van der Waals surface area (Å²) in [6, 6.07) is 9.92. The Morgan fingerprint density at radius 3 is 2.62 bits per heavy atom. The zero-order chi connectivity index (χ0) is 15.1. The Kier molecular flexibility index (Phi) is 4.76. The molecule has 0 aliphatic carbocycles. The Balaban J connectivity index is 2.03. The fourth-order valence-electron chi connectivity index (χ4n) is 1.54. The Morgan fingerprint density at radius 1 is 1.29 bits per heavy atom. The molecule has 0 fully saturated rings. The molecular weight excluding hydrogens is 274 g/mol. The molecule has 1 aromatic heterocycles. The van der Waals surface area contributed by atoms with Gasteiger partial charge in [0.05, 0.1) is 13.4 Å². The molecule has 1 heterocycles. The Labute approximate surface area is 120 Å². The van der Waals surface area contributed by atoms with Crippen molar-refractivity contribution in [3.05, 3.63) is 60.1 Å². The Morgan fingerprint density at radius 2 is 2.05 bits per heavy atom.